The zero-order valence-corrected chi connectivity index (χ0v) is 15.1. The van der Waals surface area contributed by atoms with E-state index in [9.17, 15) is 9.59 Å². The van der Waals surface area contributed by atoms with Gasteiger partial charge in [-0.05, 0) is 11.8 Å². The summed E-state index contributed by atoms with van der Waals surface area (Å²) < 4.78 is 0. The first-order valence-electron chi connectivity index (χ1n) is 6.33. The Kier molecular flexibility index (Phi) is 8.58. The van der Waals surface area contributed by atoms with Crippen molar-refractivity contribution < 1.29 is 29.4 Å². The van der Waals surface area contributed by atoms with Crippen molar-refractivity contribution in [1.29, 1.82) is 0 Å². The van der Waals surface area contributed by atoms with Gasteiger partial charge < -0.3 is 4.98 Å². The van der Waals surface area contributed by atoms with Crippen molar-refractivity contribution in [2.75, 3.05) is 0 Å². The zero-order valence-electron chi connectivity index (χ0n) is 12.6. The normalized spacial score (nSPS) is 8.95. The summed E-state index contributed by atoms with van der Waals surface area (Å²) in [6.45, 7) is 6.65. The Morgan fingerprint density at radius 3 is 2.10 bits per heavy atom. The maximum Gasteiger partial charge on any atom is 1.00 e. The summed E-state index contributed by atoms with van der Waals surface area (Å²) >= 11 is 0. The maximum absolute atomic E-state index is 9.79. The molecule has 1 aromatic carbocycles. The van der Waals surface area contributed by atoms with Gasteiger partial charge in [-0.2, -0.15) is 0 Å². The number of carbonyl (C=O) groups excluding carboxylic acids is 2. The van der Waals surface area contributed by atoms with Crippen molar-refractivity contribution in [2.45, 2.75) is 27.7 Å². The number of benzene rings is 1. The summed E-state index contributed by atoms with van der Waals surface area (Å²) in [6.07, 6.45) is 1.81. The first kappa shape index (κ1) is 19.3. The fourth-order valence-corrected chi connectivity index (χ4v) is 1.56. The Bertz CT molecular complexity index is 577. The number of Topliss-reactive ketones (excluding diaryl/α,β-unsaturated/α-hetero) is 2. The zero-order chi connectivity index (χ0) is 15.1. The van der Waals surface area contributed by atoms with Crippen LogP contribution >= 0.6 is 0 Å². The minimum absolute atomic E-state index is 0. The second-order valence-corrected chi connectivity index (χ2v) is 4.58. The number of pyridine rings is 1. The number of hydrogen-bond acceptors (Lipinski definition) is 3. The van der Waals surface area contributed by atoms with Gasteiger partial charge in [-0.15, -0.1) is 34.9 Å². The molecule has 1 aromatic heterocycles. The molecule has 111 valence electrons. The molecule has 0 bridgehead atoms. The van der Waals surface area contributed by atoms with Gasteiger partial charge in [0.05, 0.1) is 0 Å². The Morgan fingerprint density at radius 1 is 1.05 bits per heavy atom. The van der Waals surface area contributed by atoms with Crippen LogP contribution in [0.25, 0.3) is 11.3 Å². The molecule has 1 radical (unpaired) electrons. The average Bonchev–Trinajstić information content (AvgIpc) is 2.39. The number of carbonyl (C=O) groups is 2. The van der Waals surface area contributed by atoms with Crippen molar-refractivity contribution in [2.24, 2.45) is 0 Å². The summed E-state index contributed by atoms with van der Waals surface area (Å²) in [5.74, 6) is -0.759. The molecular formula is C17H18NO2Os. The van der Waals surface area contributed by atoms with Crippen LogP contribution in [0.1, 0.15) is 25.0 Å². The van der Waals surface area contributed by atoms with Crippen molar-refractivity contribution >= 4 is 11.6 Å². The van der Waals surface area contributed by atoms with Crippen LogP contribution in [0, 0.1) is 19.9 Å². The molecule has 0 fully saturated rings. The third-order valence-corrected chi connectivity index (χ3v) is 2.58. The molecule has 1 heterocycles. The van der Waals surface area contributed by atoms with Gasteiger partial charge in [-0.25, -0.2) is 0 Å². The molecule has 0 aliphatic rings. The van der Waals surface area contributed by atoms with Gasteiger partial charge in [0.2, 0.25) is 0 Å². The quantitative estimate of drug-likeness (QED) is 0.512. The van der Waals surface area contributed by atoms with Gasteiger partial charge in [0.25, 0.3) is 0 Å². The fraction of sp³-hybridized carbons (Fsp3) is 0.235. The van der Waals surface area contributed by atoms with E-state index in [4.69, 9.17) is 0 Å². The predicted molar refractivity (Wildman–Crippen MR) is 79.3 cm³/mol. The number of ketones is 2. The number of rotatable bonds is 2. The van der Waals surface area contributed by atoms with Crippen LogP contribution in [0.3, 0.4) is 0 Å². The van der Waals surface area contributed by atoms with E-state index in [1.54, 1.807) is 6.20 Å². The van der Waals surface area contributed by atoms with E-state index < -0.39 is 0 Å². The van der Waals surface area contributed by atoms with Crippen LogP contribution in [0.4, 0.5) is 0 Å². The van der Waals surface area contributed by atoms with Gasteiger partial charge in [0.1, 0.15) is 0 Å². The summed E-state index contributed by atoms with van der Waals surface area (Å²) in [7, 11) is 0. The Morgan fingerprint density at radius 2 is 1.67 bits per heavy atom. The monoisotopic (exact) mass is 460 g/mol. The minimum atomic E-state index is -0.380. The molecule has 0 unspecified atom stereocenters. The molecule has 0 amide bonds. The molecule has 0 aliphatic carbocycles. The van der Waals surface area contributed by atoms with E-state index in [0.717, 1.165) is 16.8 Å². The first-order chi connectivity index (χ1) is 9.40. The number of aromatic nitrogens is 1. The van der Waals surface area contributed by atoms with E-state index in [-0.39, 0.29) is 31.4 Å². The summed E-state index contributed by atoms with van der Waals surface area (Å²) in [6, 6.07) is 13.4. The molecule has 2 rings (SSSR count). The molecule has 4 heteroatoms. The molecule has 0 N–H and O–H groups in total. The second kappa shape index (κ2) is 9.31. The summed E-state index contributed by atoms with van der Waals surface area (Å²) in [4.78, 5) is 23.9. The van der Waals surface area contributed by atoms with Crippen LogP contribution in [0.15, 0.2) is 36.5 Å². The third kappa shape index (κ3) is 7.06. The van der Waals surface area contributed by atoms with Crippen LogP contribution in [0.2, 0.25) is 0 Å². The molecule has 3 nitrogen and oxygen atoms in total. The third-order valence-electron chi connectivity index (χ3n) is 2.58. The predicted octanol–water partition coefficient (Wildman–Crippen LogP) is 3.33. The molecular weight excluding hydrogens is 440 g/mol. The molecule has 0 atom stereocenters. The Hall–Kier alpha value is -1.65. The maximum atomic E-state index is 9.79. The second-order valence-electron chi connectivity index (χ2n) is 4.58. The minimum Gasteiger partial charge on any atom is -0.305 e. The number of aryl methyl sites for hydroxylation is 2. The Balaban J connectivity index is 0.000000495. The topological polar surface area (TPSA) is 47.0 Å². The van der Waals surface area contributed by atoms with E-state index >= 15 is 0 Å². The van der Waals surface area contributed by atoms with Crippen LogP contribution in [-0.2, 0) is 29.4 Å². The van der Waals surface area contributed by atoms with Crippen LogP contribution in [0.5, 0.6) is 0 Å². The van der Waals surface area contributed by atoms with Gasteiger partial charge >= 0.3 is 19.8 Å². The van der Waals surface area contributed by atoms with Crippen molar-refractivity contribution in [3.05, 3.63) is 53.7 Å². The van der Waals surface area contributed by atoms with E-state index in [2.05, 4.69) is 37.0 Å². The van der Waals surface area contributed by atoms with Crippen molar-refractivity contribution in [1.82, 2.24) is 4.98 Å². The van der Waals surface area contributed by atoms with E-state index in [1.165, 1.54) is 19.4 Å². The van der Waals surface area contributed by atoms with E-state index in [0.29, 0.717) is 0 Å². The van der Waals surface area contributed by atoms with Gasteiger partial charge in [-0.1, -0.05) is 26.0 Å². The number of nitrogens with zero attached hydrogens (tertiary/aromatic N) is 1. The molecule has 0 aliphatic heterocycles. The molecule has 21 heavy (non-hydrogen) atoms. The largest absolute Gasteiger partial charge is 1.00 e. The SMILES string of the molecule is CC(=O)C(C)=O.Cc1[c-]c(-c2ccccn2)cc(C)c1.[Os+]. The summed E-state index contributed by atoms with van der Waals surface area (Å²) in [5.41, 5.74) is 4.47. The molecule has 2 aromatic rings. The Labute approximate surface area is 138 Å². The van der Waals surface area contributed by atoms with E-state index in [1.807, 2.05) is 18.2 Å². The van der Waals surface area contributed by atoms with Gasteiger partial charge in [0, 0.05) is 20.0 Å². The number of hydrogen-bond donors (Lipinski definition) is 0. The molecule has 0 saturated heterocycles. The standard InChI is InChI=1S/C13H12N.C4H6O2.Os/c1-10-7-11(2)9-12(8-10)13-5-3-4-6-14-13;1-3(5)4(2)6;/h3-8H,1-2H3;1-2H3;/q-1;;+1. The summed E-state index contributed by atoms with van der Waals surface area (Å²) in [5, 5.41) is 0. The van der Waals surface area contributed by atoms with Crippen molar-refractivity contribution in [3.63, 3.8) is 0 Å². The molecule has 0 spiro atoms. The molecule has 0 saturated carbocycles. The smallest absolute Gasteiger partial charge is 0.305 e. The average molecular weight is 459 g/mol. The van der Waals surface area contributed by atoms with Gasteiger partial charge in [0.15, 0.2) is 11.6 Å². The van der Waals surface area contributed by atoms with Crippen LogP contribution < -0.4 is 0 Å². The fourth-order valence-electron chi connectivity index (χ4n) is 1.56. The van der Waals surface area contributed by atoms with Crippen molar-refractivity contribution in [3.8, 4) is 11.3 Å². The van der Waals surface area contributed by atoms with Crippen LogP contribution in [-0.4, -0.2) is 16.6 Å². The van der Waals surface area contributed by atoms with Gasteiger partial charge in [-0.3, -0.25) is 9.59 Å². The first-order valence-corrected chi connectivity index (χ1v) is 6.33.